The van der Waals surface area contributed by atoms with E-state index in [1.54, 1.807) is 0 Å². The summed E-state index contributed by atoms with van der Waals surface area (Å²) in [6.07, 6.45) is 4.81. The second-order valence-corrected chi connectivity index (χ2v) is 6.91. The molecule has 0 unspecified atom stereocenters. The molecular weight excluding hydrogens is 318 g/mol. The van der Waals surface area contributed by atoms with Crippen molar-refractivity contribution >= 4 is 21.8 Å². The highest BCUT2D eigenvalue weighted by molar-refractivity contribution is 9.10. The third-order valence-electron chi connectivity index (χ3n) is 4.58. The van der Waals surface area contributed by atoms with Crippen molar-refractivity contribution in [3.05, 3.63) is 33.8 Å². The third kappa shape index (κ3) is 2.77. The number of aliphatic hydroxyl groups is 1. The summed E-state index contributed by atoms with van der Waals surface area (Å²) in [5.41, 5.74) is 1.79. The van der Waals surface area contributed by atoms with Crippen LogP contribution in [0, 0.1) is 0 Å². The second kappa shape index (κ2) is 5.49. The van der Waals surface area contributed by atoms with Crippen LogP contribution in [0.5, 0.6) is 0 Å². The Balaban J connectivity index is 1.70. The van der Waals surface area contributed by atoms with Crippen LogP contribution in [0.1, 0.15) is 43.2 Å². The maximum Gasteiger partial charge on any atom is 0.225 e. The van der Waals surface area contributed by atoms with Crippen molar-refractivity contribution in [1.29, 1.82) is 0 Å². The van der Waals surface area contributed by atoms with Crippen LogP contribution in [0.4, 0.5) is 0 Å². The molecule has 0 radical (unpaired) electrons. The summed E-state index contributed by atoms with van der Waals surface area (Å²) in [4.78, 5) is 14.3. The molecule has 20 heavy (non-hydrogen) atoms. The summed E-state index contributed by atoms with van der Waals surface area (Å²) >= 11 is 3.57. The van der Waals surface area contributed by atoms with Gasteiger partial charge in [-0.3, -0.25) is 4.79 Å². The van der Waals surface area contributed by atoms with Crippen LogP contribution in [0.2, 0.25) is 0 Å². The lowest BCUT2D eigenvalue weighted by Gasteiger charge is -2.32. The minimum atomic E-state index is -0.745. The van der Waals surface area contributed by atoms with Gasteiger partial charge in [0.1, 0.15) is 0 Å². The smallest absolute Gasteiger partial charge is 0.225 e. The van der Waals surface area contributed by atoms with Gasteiger partial charge in [0.2, 0.25) is 5.91 Å². The zero-order chi connectivity index (χ0) is 14.2. The highest BCUT2D eigenvalue weighted by Crippen LogP contribution is 2.34. The number of rotatable bonds is 2. The van der Waals surface area contributed by atoms with Crippen molar-refractivity contribution < 1.29 is 9.90 Å². The first-order valence-electron chi connectivity index (χ1n) is 7.34. The minimum absolute atomic E-state index is 0.0933. The Morgan fingerprint density at radius 2 is 2.10 bits per heavy atom. The number of fused-ring (bicyclic) bond motifs is 1. The van der Waals surface area contributed by atoms with Gasteiger partial charge in [-0.15, -0.1) is 0 Å². The molecule has 3 rings (SSSR count). The third-order valence-corrected chi connectivity index (χ3v) is 5.33. The minimum Gasteiger partial charge on any atom is -0.389 e. The van der Waals surface area contributed by atoms with Crippen LogP contribution in [0.25, 0.3) is 0 Å². The second-order valence-electron chi connectivity index (χ2n) is 6.05. The average Bonchev–Trinajstić information content (AvgIpc) is 2.85. The lowest BCUT2D eigenvalue weighted by atomic mass is 9.95. The number of hydrogen-bond donors (Lipinski definition) is 1. The zero-order valence-electron chi connectivity index (χ0n) is 11.6. The Bertz CT molecular complexity index is 523. The van der Waals surface area contributed by atoms with E-state index in [0.29, 0.717) is 6.54 Å². The van der Waals surface area contributed by atoms with Crippen molar-refractivity contribution in [2.45, 2.75) is 50.7 Å². The maximum absolute atomic E-state index is 12.4. The van der Waals surface area contributed by atoms with Gasteiger partial charge in [-0.2, -0.15) is 0 Å². The Hall–Kier alpha value is -0.870. The predicted octanol–water partition coefficient (Wildman–Crippen LogP) is 3.03. The SMILES string of the molecule is O=C(CC1(O)CCCC1)N1CCc2cccc(Br)c2C1. The molecule has 1 aromatic rings. The molecule has 1 amide bonds. The molecule has 4 heteroatoms. The Morgan fingerprint density at radius 3 is 2.85 bits per heavy atom. The summed E-state index contributed by atoms with van der Waals surface area (Å²) in [7, 11) is 0. The molecule has 0 saturated heterocycles. The van der Waals surface area contributed by atoms with E-state index >= 15 is 0 Å². The van der Waals surface area contributed by atoms with E-state index in [-0.39, 0.29) is 12.3 Å². The maximum atomic E-state index is 12.4. The largest absolute Gasteiger partial charge is 0.389 e. The highest BCUT2D eigenvalue weighted by atomic mass is 79.9. The topological polar surface area (TPSA) is 40.5 Å². The highest BCUT2D eigenvalue weighted by Gasteiger charge is 2.35. The molecule has 1 aliphatic carbocycles. The summed E-state index contributed by atoms with van der Waals surface area (Å²) in [5.74, 6) is 0.0933. The number of carbonyl (C=O) groups is 1. The molecule has 1 N–H and O–H groups in total. The van der Waals surface area contributed by atoms with Gasteiger partial charge in [-0.05, 0) is 36.5 Å². The van der Waals surface area contributed by atoms with E-state index in [4.69, 9.17) is 0 Å². The van der Waals surface area contributed by atoms with Gasteiger partial charge in [-0.25, -0.2) is 0 Å². The van der Waals surface area contributed by atoms with Gasteiger partial charge >= 0.3 is 0 Å². The number of hydrogen-bond acceptors (Lipinski definition) is 2. The number of nitrogens with zero attached hydrogens (tertiary/aromatic N) is 1. The molecular formula is C16H20BrNO2. The normalized spacial score (nSPS) is 20.8. The van der Waals surface area contributed by atoms with Gasteiger partial charge < -0.3 is 10.0 Å². The summed E-state index contributed by atoms with van der Waals surface area (Å²) in [5, 5.41) is 10.4. The summed E-state index contributed by atoms with van der Waals surface area (Å²) in [6.45, 7) is 1.42. The average molecular weight is 338 g/mol. The summed E-state index contributed by atoms with van der Waals surface area (Å²) < 4.78 is 1.08. The van der Waals surface area contributed by atoms with Crippen molar-refractivity contribution in [1.82, 2.24) is 4.90 Å². The van der Waals surface area contributed by atoms with Crippen LogP contribution < -0.4 is 0 Å². The molecule has 1 fully saturated rings. The van der Waals surface area contributed by atoms with Crippen molar-refractivity contribution in [3.63, 3.8) is 0 Å². The van der Waals surface area contributed by atoms with Gasteiger partial charge in [0.05, 0.1) is 12.0 Å². The van der Waals surface area contributed by atoms with Gasteiger partial charge in [0, 0.05) is 17.6 Å². The molecule has 0 atom stereocenters. The fraction of sp³-hybridized carbons (Fsp3) is 0.562. The van der Waals surface area contributed by atoms with Crippen LogP contribution in [0.15, 0.2) is 22.7 Å². The zero-order valence-corrected chi connectivity index (χ0v) is 13.2. The molecule has 1 aromatic carbocycles. The monoisotopic (exact) mass is 337 g/mol. The quantitative estimate of drug-likeness (QED) is 0.901. The lowest BCUT2D eigenvalue weighted by molar-refractivity contribution is -0.137. The first kappa shape index (κ1) is 14.1. The van der Waals surface area contributed by atoms with Crippen molar-refractivity contribution in [2.75, 3.05) is 6.54 Å². The summed E-state index contributed by atoms with van der Waals surface area (Å²) in [6, 6.07) is 6.20. The van der Waals surface area contributed by atoms with Crippen LogP contribution in [-0.4, -0.2) is 28.1 Å². The molecule has 0 bridgehead atoms. The Morgan fingerprint density at radius 1 is 1.35 bits per heavy atom. The molecule has 2 aliphatic rings. The number of benzene rings is 1. The fourth-order valence-electron chi connectivity index (χ4n) is 3.36. The molecule has 1 saturated carbocycles. The first-order valence-corrected chi connectivity index (χ1v) is 8.13. The van der Waals surface area contributed by atoms with Gasteiger partial charge in [-0.1, -0.05) is 40.9 Å². The number of halogens is 1. The van der Waals surface area contributed by atoms with E-state index in [2.05, 4.69) is 22.0 Å². The Kier molecular flexibility index (Phi) is 3.87. The molecule has 0 aromatic heterocycles. The Labute approximate surface area is 128 Å². The predicted molar refractivity (Wildman–Crippen MR) is 81.3 cm³/mol. The van der Waals surface area contributed by atoms with Crippen molar-refractivity contribution in [2.24, 2.45) is 0 Å². The number of amides is 1. The molecule has 108 valence electrons. The van der Waals surface area contributed by atoms with Gasteiger partial charge in [0.25, 0.3) is 0 Å². The van der Waals surface area contributed by atoms with E-state index < -0.39 is 5.60 Å². The van der Waals surface area contributed by atoms with E-state index in [1.807, 2.05) is 17.0 Å². The number of carbonyl (C=O) groups excluding carboxylic acids is 1. The van der Waals surface area contributed by atoms with Crippen LogP contribution in [0.3, 0.4) is 0 Å². The standard InChI is InChI=1S/C16H20BrNO2/c17-14-5-3-4-12-6-9-18(11-13(12)14)15(19)10-16(20)7-1-2-8-16/h3-5,20H,1-2,6-11H2. The van der Waals surface area contributed by atoms with E-state index in [9.17, 15) is 9.90 Å². The molecule has 1 heterocycles. The van der Waals surface area contributed by atoms with Crippen molar-refractivity contribution in [3.8, 4) is 0 Å². The molecule has 0 spiro atoms. The van der Waals surface area contributed by atoms with E-state index in [1.165, 1.54) is 11.1 Å². The van der Waals surface area contributed by atoms with Crippen LogP contribution in [-0.2, 0) is 17.8 Å². The van der Waals surface area contributed by atoms with Gasteiger partial charge in [0.15, 0.2) is 0 Å². The fourth-order valence-corrected chi connectivity index (χ4v) is 3.89. The lowest BCUT2D eigenvalue weighted by Crippen LogP contribution is -2.40. The first-order chi connectivity index (χ1) is 9.57. The molecule has 1 aliphatic heterocycles. The molecule has 3 nitrogen and oxygen atoms in total. The van der Waals surface area contributed by atoms with Crippen LogP contribution >= 0.6 is 15.9 Å². The van der Waals surface area contributed by atoms with E-state index in [0.717, 1.165) is 43.1 Å².